The zero-order valence-corrected chi connectivity index (χ0v) is 9.09. The summed E-state index contributed by atoms with van der Waals surface area (Å²) in [5.41, 5.74) is 0.593. The average Bonchev–Trinajstić information content (AvgIpc) is 2.16. The first kappa shape index (κ1) is 12.4. The Balaban J connectivity index is 2.93. The van der Waals surface area contributed by atoms with Crippen LogP contribution in [0.25, 0.3) is 6.08 Å². The highest BCUT2D eigenvalue weighted by Gasteiger charge is 2.05. The Morgan fingerprint density at radius 3 is 2.38 bits per heavy atom. The van der Waals surface area contributed by atoms with E-state index in [1.165, 1.54) is 13.0 Å². The third kappa shape index (κ3) is 3.46. The minimum absolute atomic E-state index is 0.265. The minimum atomic E-state index is -0.678. The number of esters is 1. The van der Waals surface area contributed by atoms with Gasteiger partial charge in [-0.25, -0.2) is 13.6 Å². The van der Waals surface area contributed by atoms with Gasteiger partial charge in [0.15, 0.2) is 0 Å². The predicted molar refractivity (Wildman–Crippen MR) is 56.6 cm³/mol. The van der Waals surface area contributed by atoms with Crippen LogP contribution in [0.3, 0.4) is 0 Å². The average molecular weight is 226 g/mol. The van der Waals surface area contributed by atoms with Gasteiger partial charge in [-0.1, -0.05) is 0 Å². The number of halogens is 2. The number of benzene rings is 1. The number of carbonyl (C=O) groups is 1. The predicted octanol–water partition coefficient (Wildman–Crippen LogP) is 2.93. The second-order valence-electron chi connectivity index (χ2n) is 3.25. The van der Waals surface area contributed by atoms with Gasteiger partial charge in [-0.15, -0.1) is 0 Å². The molecule has 0 N–H and O–H groups in total. The van der Waals surface area contributed by atoms with E-state index in [0.717, 1.165) is 18.2 Å². The summed E-state index contributed by atoms with van der Waals surface area (Å²) >= 11 is 0. The van der Waals surface area contributed by atoms with E-state index in [9.17, 15) is 13.6 Å². The molecule has 1 rings (SSSR count). The first-order valence-electron chi connectivity index (χ1n) is 4.84. The molecule has 0 saturated heterocycles. The highest BCUT2D eigenvalue weighted by Crippen LogP contribution is 2.12. The molecule has 0 aliphatic heterocycles. The van der Waals surface area contributed by atoms with Crippen molar-refractivity contribution in [1.29, 1.82) is 0 Å². The van der Waals surface area contributed by atoms with Gasteiger partial charge in [-0.2, -0.15) is 0 Å². The third-order valence-electron chi connectivity index (χ3n) is 1.87. The SMILES string of the molecule is CCOC(=O)/C(C)=C/c1cc(F)cc(F)c1. The quantitative estimate of drug-likeness (QED) is 0.585. The summed E-state index contributed by atoms with van der Waals surface area (Å²) in [5.74, 6) is -1.85. The molecule has 0 radical (unpaired) electrons. The summed E-state index contributed by atoms with van der Waals surface area (Å²) in [7, 11) is 0. The molecule has 0 bridgehead atoms. The van der Waals surface area contributed by atoms with Crippen LogP contribution in [0.15, 0.2) is 23.8 Å². The maximum atomic E-state index is 12.8. The molecule has 0 fully saturated rings. The van der Waals surface area contributed by atoms with Gasteiger partial charge in [-0.05, 0) is 37.6 Å². The van der Waals surface area contributed by atoms with Gasteiger partial charge in [0.05, 0.1) is 6.61 Å². The van der Waals surface area contributed by atoms with Crippen LogP contribution in [0.4, 0.5) is 8.78 Å². The molecule has 0 atom stereocenters. The zero-order valence-electron chi connectivity index (χ0n) is 9.09. The first-order valence-corrected chi connectivity index (χ1v) is 4.84. The molecule has 0 amide bonds. The topological polar surface area (TPSA) is 26.3 Å². The molecule has 0 aliphatic carbocycles. The summed E-state index contributed by atoms with van der Waals surface area (Å²) < 4.78 is 30.4. The van der Waals surface area contributed by atoms with E-state index in [2.05, 4.69) is 0 Å². The van der Waals surface area contributed by atoms with E-state index in [1.54, 1.807) is 6.92 Å². The molecule has 1 aromatic carbocycles. The second-order valence-corrected chi connectivity index (χ2v) is 3.25. The van der Waals surface area contributed by atoms with Crippen LogP contribution in [0.2, 0.25) is 0 Å². The fourth-order valence-electron chi connectivity index (χ4n) is 1.21. The van der Waals surface area contributed by atoms with E-state index >= 15 is 0 Å². The Kier molecular flexibility index (Phi) is 4.17. The molecule has 16 heavy (non-hydrogen) atoms. The number of hydrogen-bond acceptors (Lipinski definition) is 2. The van der Waals surface area contributed by atoms with Gasteiger partial charge in [0.1, 0.15) is 11.6 Å². The number of ether oxygens (including phenoxy) is 1. The van der Waals surface area contributed by atoms with E-state index in [-0.39, 0.29) is 6.61 Å². The lowest BCUT2D eigenvalue weighted by Gasteiger charge is -2.02. The van der Waals surface area contributed by atoms with E-state index in [1.807, 2.05) is 0 Å². The van der Waals surface area contributed by atoms with Crippen LogP contribution in [-0.2, 0) is 9.53 Å². The van der Waals surface area contributed by atoms with Crippen molar-refractivity contribution in [1.82, 2.24) is 0 Å². The monoisotopic (exact) mass is 226 g/mol. The van der Waals surface area contributed by atoms with E-state index < -0.39 is 17.6 Å². The molecular weight excluding hydrogens is 214 g/mol. The smallest absolute Gasteiger partial charge is 0.333 e. The molecule has 4 heteroatoms. The van der Waals surface area contributed by atoms with Crippen molar-refractivity contribution in [2.24, 2.45) is 0 Å². The van der Waals surface area contributed by atoms with Crippen molar-refractivity contribution in [2.75, 3.05) is 6.61 Å². The van der Waals surface area contributed by atoms with Gasteiger partial charge < -0.3 is 4.74 Å². The fraction of sp³-hybridized carbons (Fsp3) is 0.250. The van der Waals surface area contributed by atoms with E-state index in [0.29, 0.717) is 11.1 Å². The minimum Gasteiger partial charge on any atom is -0.463 e. The van der Waals surface area contributed by atoms with Crippen molar-refractivity contribution >= 4 is 12.0 Å². The Morgan fingerprint density at radius 1 is 1.31 bits per heavy atom. The van der Waals surface area contributed by atoms with Gasteiger partial charge in [0.25, 0.3) is 0 Å². The van der Waals surface area contributed by atoms with Crippen LogP contribution in [0, 0.1) is 11.6 Å². The Labute approximate surface area is 92.5 Å². The lowest BCUT2D eigenvalue weighted by Crippen LogP contribution is -2.04. The molecule has 2 nitrogen and oxygen atoms in total. The summed E-state index contributed by atoms with van der Waals surface area (Å²) in [6.45, 7) is 3.48. The highest BCUT2D eigenvalue weighted by molar-refractivity contribution is 5.92. The number of hydrogen-bond donors (Lipinski definition) is 0. The largest absolute Gasteiger partial charge is 0.463 e. The lowest BCUT2D eigenvalue weighted by molar-refractivity contribution is -0.138. The molecule has 0 aromatic heterocycles. The van der Waals surface area contributed by atoms with Crippen LogP contribution in [0.5, 0.6) is 0 Å². The summed E-state index contributed by atoms with van der Waals surface area (Å²) in [5, 5.41) is 0. The second kappa shape index (κ2) is 5.39. The van der Waals surface area contributed by atoms with Gasteiger partial charge in [0.2, 0.25) is 0 Å². The number of carbonyl (C=O) groups excluding carboxylic acids is 1. The molecular formula is C12H12F2O2. The zero-order chi connectivity index (χ0) is 12.1. The number of rotatable bonds is 3. The van der Waals surface area contributed by atoms with Crippen LogP contribution >= 0.6 is 0 Å². The van der Waals surface area contributed by atoms with E-state index in [4.69, 9.17) is 4.74 Å². The normalized spacial score (nSPS) is 11.4. The van der Waals surface area contributed by atoms with Crippen molar-refractivity contribution in [2.45, 2.75) is 13.8 Å². The summed E-state index contributed by atoms with van der Waals surface area (Å²) in [6.07, 6.45) is 1.38. The molecule has 1 aromatic rings. The van der Waals surface area contributed by atoms with Crippen LogP contribution in [-0.4, -0.2) is 12.6 Å². The lowest BCUT2D eigenvalue weighted by atomic mass is 10.1. The molecule has 0 aliphatic rings. The van der Waals surface area contributed by atoms with Crippen LogP contribution in [0.1, 0.15) is 19.4 Å². The molecule has 0 heterocycles. The fourth-order valence-corrected chi connectivity index (χ4v) is 1.21. The highest BCUT2D eigenvalue weighted by atomic mass is 19.1. The first-order chi connectivity index (χ1) is 7.52. The Bertz CT molecular complexity index is 405. The van der Waals surface area contributed by atoms with Crippen molar-refractivity contribution in [3.05, 3.63) is 41.0 Å². The van der Waals surface area contributed by atoms with Crippen molar-refractivity contribution in [3.63, 3.8) is 0 Å². The van der Waals surface area contributed by atoms with Crippen LogP contribution < -0.4 is 0 Å². The Morgan fingerprint density at radius 2 is 1.88 bits per heavy atom. The standard InChI is InChI=1S/C12H12F2O2/c1-3-16-12(15)8(2)4-9-5-10(13)7-11(14)6-9/h4-7H,3H2,1-2H3/b8-4+. The molecule has 0 unspecified atom stereocenters. The third-order valence-corrected chi connectivity index (χ3v) is 1.87. The summed E-state index contributed by atoms with van der Waals surface area (Å²) in [4.78, 5) is 11.2. The molecule has 0 saturated carbocycles. The summed E-state index contributed by atoms with van der Waals surface area (Å²) in [6, 6.07) is 3.06. The maximum Gasteiger partial charge on any atom is 0.333 e. The molecule has 86 valence electrons. The van der Waals surface area contributed by atoms with Crippen molar-refractivity contribution in [3.8, 4) is 0 Å². The van der Waals surface area contributed by atoms with Crippen molar-refractivity contribution < 1.29 is 18.3 Å². The van der Waals surface area contributed by atoms with Gasteiger partial charge in [-0.3, -0.25) is 0 Å². The maximum absolute atomic E-state index is 12.8. The van der Waals surface area contributed by atoms with Gasteiger partial charge >= 0.3 is 5.97 Å². The molecule has 0 spiro atoms. The van der Waals surface area contributed by atoms with Gasteiger partial charge in [0, 0.05) is 11.6 Å². The Hall–Kier alpha value is -1.71.